The zero-order chi connectivity index (χ0) is 13.4. The maximum absolute atomic E-state index is 6.23. The molecule has 0 saturated carbocycles. The van der Waals surface area contributed by atoms with E-state index in [0.29, 0.717) is 5.02 Å². The van der Waals surface area contributed by atoms with Crippen LogP contribution in [0.2, 0.25) is 5.02 Å². The molecule has 2 aromatic carbocycles. The fourth-order valence-electron chi connectivity index (χ4n) is 2.06. The van der Waals surface area contributed by atoms with Crippen LogP contribution in [0, 0.1) is 6.92 Å². The summed E-state index contributed by atoms with van der Waals surface area (Å²) in [5.41, 5.74) is 3.90. The van der Waals surface area contributed by atoms with Crippen molar-refractivity contribution in [3.63, 3.8) is 0 Å². The number of nitrogens with one attached hydrogen (secondary N) is 1. The number of hydrogen-bond donors (Lipinski definition) is 1. The predicted octanol–water partition coefficient (Wildman–Crippen LogP) is 4.20. The fraction of sp³-hybridized carbons (Fsp3) is 0.133. The van der Waals surface area contributed by atoms with Gasteiger partial charge in [0.05, 0.1) is 23.2 Å². The highest BCUT2D eigenvalue weighted by molar-refractivity contribution is 6.33. The SMILES string of the molecule is COc1ccc2nc(-c3cc(C)ccc3Cl)[nH]c2c1. The summed E-state index contributed by atoms with van der Waals surface area (Å²) in [6, 6.07) is 11.6. The van der Waals surface area contributed by atoms with Crippen LogP contribution in [0.4, 0.5) is 0 Å². The summed E-state index contributed by atoms with van der Waals surface area (Å²) in [6.07, 6.45) is 0. The molecule has 1 heterocycles. The Morgan fingerprint density at radius 1 is 1.16 bits per heavy atom. The molecular formula is C15H13ClN2O. The Hall–Kier alpha value is -2.00. The minimum atomic E-state index is 0.691. The van der Waals surface area contributed by atoms with E-state index in [2.05, 4.69) is 9.97 Å². The highest BCUT2D eigenvalue weighted by atomic mass is 35.5. The summed E-state index contributed by atoms with van der Waals surface area (Å²) in [6.45, 7) is 2.03. The van der Waals surface area contributed by atoms with Crippen LogP contribution >= 0.6 is 11.6 Å². The van der Waals surface area contributed by atoms with Crippen LogP contribution in [0.25, 0.3) is 22.4 Å². The van der Waals surface area contributed by atoms with Crippen LogP contribution in [-0.2, 0) is 0 Å². The van der Waals surface area contributed by atoms with Gasteiger partial charge in [0.25, 0.3) is 0 Å². The molecule has 0 radical (unpaired) electrons. The number of imidazole rings is 1. The van der Waals surface area contributed by atoms with Crippen molar-refractivity contribution in [3.05, 3.63) is 47.0 Å². The Morgan fingerprint density at radius 2 is 2.00 bits per heavy atom. The van der Waals surface area contributed by atoms with Crippen LogP contribution in [0.1, 0.15) is 5.56 Å². The van der Waals surface area contributed by atoms with Gasteiger partial charge in [-0.05, 0) is 31.2 Å². The smallest absolute Gasteiger partial charge is 0.140 e. The van der Waals surface area contributed by atoms with Gasteiger partial charge in [-0.15, -0.1) is 0 Å². The fourth-order valence-corrected chi connectivity index (χ4v) is 2.27. The van der Waals surface area contributed by atoms with E-state index in [0.717, 1.165) is 33.7 Å². The van der Waals surface area contributed by atoms with Crippen LogP contribution in [-0.4, -0.2) is 17.1 Å². The van der Waals surface area contributed by atoms with Crippen molar-refractivity contribution in [2.45, 2.75) is 6.92 Å². The zero-order valence-electron chi connectivity index (χ0n) is 10.7. The standard InChI is InChI=1S/C15H13ClN2O/c1-9-3-5-12(16)11(7-9)15-17-13-6-4-10(19-2)8-14(13)18-15/h3-8H,1-2H3,(H,17,18). The third kappa shape index (κ3) is 2.17. The molecule has 0 spiro atoms. The Balaban J connectivity index is 2.17. The molecular weight excluding hydrogens is 260 g/mol. The largest absolute Gasteiger partial charge is 0.497 e. The molecule has 4 heteroatoms. The Labute approximate surface area is 116 Å². The quantitative estimate of drug-likeness (QED) is 0.759. The van der Waals surface area contributed by atoms with Gasteiger partial charge >= 0.3 is 0 Å². The van der Waals surface area contributed by atoms with E-state index >= 15 is 0 Å². The molecule has 0 fully saturated rings. The van der Waals surface area contributed by atoms with Crippen molar-refractivity contribution in [2.24, 2.45) is 0 Å². The van der Waals surface area contributed by atoms with Crippen LogP contribution < -0.4 is 4.74 Å². The first kappa shape index (κ1) is 12.1. The number of ether oxygens (including phenoxy) is 1. The lowest BCUT2D eigenvalue weighted by molar-refractivity contribution is 0.415. The number of fused-ring (bicyclic) bond motifs is 1. The molecule has 0 aliphatic rings. The summed E-state index contributed by atoms with van der Waals surface area (Å²) in [4.78, 5) is 7.84. The molecule has 96 valence electrons. The molecule has 3 rings (SSSR count). The van der Waals surface area contributed by atoms with Crippen molar-refractivity contribution >= 4 is 22.6 Å². The van der Waals surface area contributed by atoms with Gasteiger partial charge in [-0.3, -0.25) is 0 Å². The number of aromatic amines is 1. The van der Waals surface area contributed by atoms with Gasteiger partial charge in [-0.25, -0.2) is 4.98 Å². The Morgan fingerprint density at radius 3 is 2.79 bits per heavy atom. The average molecular weight is 273 g/mol. The number of aromatic nitrogens is 2. The van der Waals surface area contributed by atoms with Gasteiger partial charge in [-0.2, -0.15) is 0 Å². The molecule has 0 amide bonds. The second kappa shape index (κ2) is 4.59. The van der Waals surface area contributed by atoms with E-state index in [1.165, 1.54) is 0 Å². The number of benzene rings is 2. The molecule has 0 aliphatic heterocycles. The highest BCUT2D eigenvalue weighted by Crippen LogP contribution is 2.29. The van der Waals surface area contributed by atoms with E-state index in [9.17, 15) is 0 Å². The maximum atomic E-state index is 6.23. The monoisotopic (exact) mass is 272 g/mol. The first-order chi connectivity index (χ1) is 9.17. The number of H-pyrrole nitrogens is 1. The Bertz CT molecular complexity index is 749. The third-order valence-electron chi connectivity index (χ3n) is 3.07. The van der Waals surface area contributed by atoms with Crippen LogP contribution in [0.15, 0.2) is 36.4 Å². The minimum absolute atomic E-state index is 0.691. The second-order valence-corrected chi connectivity index (χ2v) is 4.86. The lowest BCUT2D eigenvalue weighted by Gasteiger charge is -2.01. The molecule has 1 aromatic heterocycles. The number of rotatable bonds is 2. The topological polar surface area (TPSA) is 37.9 Å². The van der Waals surface area contributed by atoms with E-state index in [1.807, 2.05) is 43.3 Å². The highest BCUT2D eigenvalue weighted by Gasteiger charge is 2.09. The van der Waals surface area contributed by atoms with E-state index < -0.39 is 0 Å². The number of nitrogens with zero attached hydrogens (tertiary/aromatic N) is 1. The zero-order valence-corrected chi connectivity index (χ0v) is 11.5. The molecule has 19 heavy (non-hydrogen) atoms. The summed E-state index contributed by atoms with van der Waals surface area (Å²) < 4.78 is 5.21. The summed E-state index contributed by atoms with van der Waals surface area (Å²) in [5, 5.41) is 0.691. The third-order valence-corrected chi connectivity index (χ3v) is 3.40. The van der Waals surface area contributed by atoms with Crippen LogP contribution in [0.5, 0.6) is 5.75 Å². The van der Waals surface area contributed by atoms with Crippen LogP contribution in [0.3, 0.4) is 0 Å². The van der Waals surface area contributed by atoms with Gasteiger partial charge in [0.15, 0.2) is 0 Å². The number of hydrogen-bond acceptors (Lipinski definition) is 2. The number of methoxy groups -OCH3 is 1. The summed E-state index contributed by atoms with van der Waals surface area (Å²) in [5.74, 6) is 1.58. The predicted molar refractivity (Wildman–Crippen MR) is 77.8 cm³/mol. The molecule has 0 saturated heterocycles. The molecule has 0 atom stereocenters. The van der Waals surface area contributed by atoms with Crippen molar-refractivity contribution in [1.82, 2.24) is 9.97 Å². The molecule has 0 unspecified atom stereocenters. The number of aryl methyl sites for hydroxylation is 1. The lowest BCUT2D eigenvalue weighted by Crippen LogP contribution is -1.83. The van der Waals surface area contributed by atoms with Crippen molar-refractivity contribution in [3.8, 4) is 17.1 Å². The first-order valence-corrected chi connectivity index (χ1v) is 6.35. The molecule has 1 N–H and O–H groups in total. The molecule has 0 bridgehead atoms. The van der Waals surface area contributed by atoms with Gasteiger partial charge in [0, 0.05) is 11.6 Å². The first-order valence-electron chi connectivity index (χ1n) is 5.97. The van der Waals surface area contributed by atoms with Gasteiger partial charge in [0.2, 0.25) is 0 Å². The average Bonchev–Trinajstić information content (AvgIpc) is 2.83. The molecule has 3 aromatic rings. The van der Waals surface area contributed by atoms with Gasteiger partial charge in [-0.1, -0.05) is 23.2 Å². The Kier molecular flexibility index (Phi) is 2.91. The summed E-state index contributed by atoms with van der Waals surface area (Å²) in [7, 11) is 1.65. The van der Waals surface area contributed by atoms with Gasteiger partial charge < -0.3 is 9.72 Å². The van der Waals surface area contributed by atoms with E-state index in [-0.39, 0.29) is 0 Å². The summed E-state index contributed by atoms with van der Waals surface area (Å²) >= 11 is 6.23. The second-order valence-electron chi connectivity index (χ2n) is 4.45. The molecule has 3 nitrogen and oxygen atoms in total. The minimum Gasteiger partial charge on any atom is -0.497 e. The number of halogens is 1. The van der Waals surface area contributed by atoms with E-state index in [4.69, 9.17) is 16.3 Å². The van der Waals surface area contributed by atoms with E-state index in [1.54, 1.807) is 7.11 Å². The molecule has 0 aliphatic carbocycles. The van der Waals surface area contributed by atoms with Crippen molar-refractivity contribution < 1.29 is 4.74 Å². The maximum Gasteiger partial charge on any atom is 0.140 e. The van der Waals surface area contributed by atoms with Crippen molar-refractivity contribution in [2.75, 3.05) is 7.11 Å². The lowest BCUT2D eigenvalue weighted by atomic mass is 10.1. The normalized spacial score (nSPS) is 10.9. The van der Waals surface area contributed by atoms with Gasteiger partial charge in [0.1, 0.15) is 11.6 Å². The van der Waals surface area contributed by atoms with Crippen molar-refractivity contribution in [1.29, 1.82) is 0 Å².